The first-order valence-corrected chi connectivity index (χ1v) is 14.5. The first-order valence-electron chi connectivity index (χ1n) is 14.5. The van der Waals surface area contributed by atoms with E-state index >= 15 is 0 Å². The third kappa shape index (κ3) is 8.50. The molecule has 214 valence electrons. The van der Waals surface area contributed by atoms with E-state index in [1.807, 2.05) is 30.3 Å². The number of aromatic amines is 1. The molecule has 40 heavy (non-hydrogen) atoms. The molecule has 0 bridgehead atoms. The fourth-order valence-corrected chi connectivity index (χ4v) is 5.36. The van der Waals surface area contributed by atoms with Crippen LogP contribution >= 0.6 is 0 Å². The Bertz CT molecular complexity index is 1260. The van der Waals surface area contributed by atoms with Crippen LogP contribution in [0.15, 0.2) is 54.6 Å². The van der Waals surface area contributed by atoms with Gasteiger partial charge in [0.05, 0.1) is 6.54 Å². The molecular weight excluding hydrogens is 502 g/mol. The summed E-state index contributed by atoms with van der Waals surface area (Å²) in [6, 6.07) is 17.9. The van der Waals surface area contributed by atoms with Crippen molar-refractivity contribution in [2.75, 3.05) is 46.3 Å². The normalized spacial score (nSPS) is 15.2. The highest BCUT2D eigenvalue weighted by Crippen LogP contribution is 2.30. The molecule has 0 aliphatic carbocycles. The zero-order valence-corrected chi connectivity index (χ0v) is 23.9. The molecule has 1 aromatic heterocycles. The van der Waals surface area contributed by atoms with Crippen molar-refractivity contribution in [3.05, 3.63) is 60.2 Å². The Labute approximate surface area is 237 Å². The molecule has 1 saturated heterocycles. The molecule has 0 spiro atoms. The lowest BCUT2D eigenvalue weighted by molar-refractivity contribution is -0.130. The van der Waals surface area contributed by atoms with Crippen LogP contribution in [0.1, 0.15) is 44.6 Å². The molecule has 4 rings (SSSR count). The largest absolute Gasteiger partial charge is 0.354 e. The summed E-state index contributed by atoms with van der Waals surface area (Å²) in [6.07, 6.45) is 4.22. The Morgan fingerprint density at radius 3 is 2.40 bits per heavy atom. The number of unbranched alkanes of at least 4 members (excludes halogenated alkanes) is 2. The molecular formula is C32H43N5O3. The minimum absolute atomic E-state index is 0.114. The van der Waals surface area contributed by atoms with Gasteiger partial charge in [-0.1, -0.05) is 61.4 Å². The molecule has 0 unspecified atom stereocenters. The number of ketones is 1. The fourth-order valence-electron chi connectivity index (χ4n) is 5.36. The number of hydrogen-bond acceptors (Lipinski definition) is 5. The van der Waals surface area contributed by atoms with E-state index in [0.29, 0.717) is 32.4 Å². The lowest BCUT2D eigenvalue weighted by Gasteiger charge is -2.32. The van der Waals surface area contributed by atoms with Crippen molar-refractivity contribution in [3.63, 3.8) is 0 Å². The predicted octanol–water partition coefficient (Wildman–Crippen LogP) is 3.77. The number of Topliss-reactive ketones (excluding diaryl/α,β-unsaturated/α-hetero) is 1. The molecule has 1 aliphatic heterocycles. The molecule has 1 atom stereocenters. The first-order chi connectivity index (χ1) is 19.4. The Kier molecular flexibility index (Phi) is 10.9. The summed E-state index contributed by atoms with van der Waals surface area (Å²) in [5.74, 6) is -0.0854. The molecule has 1 fully saturated rings. The number of benzene rings is 2. The van der Waals surface area contributed by atoms with E-state index in [1.54, 1.807) is 6.92 Å². The van der Waals surface area contributed by atoms with Crippen molar-refractivity contribution in [1.29, 1.82) is 0 Å². The van der Waals surface area contributed by atoms with Gasteiger partial charge in [0, 0.05) is 55.7 Å². The molecule has 8 nitrogen and oxygen atoms in total. The van der Waals surface area contributed by atoms with Gasteiger partial charge >= 0.3 is 0 Å². The number of carbonyl (C=O) groups is 3. The lowest BCUT2D eigenvalue weighted by atomic mass is 10.0. The minimum Gasteiger partial charge on any atom is -0.354 e. The number of fused-ring (bicyclic) bond motifs is 1. The third-order valence-corrected chi connectivity index (χ3v) is 7.69. The van der Waals surface area contributed by atoms with E-state index in [0.717, 1.165) is 67.6 Å². The first kappa shape index (κ1) is 29.5. The number of para-hydroxylation sites is 1. The molecule has 2 heterocycles. The second-order valence-electron chi connectivity index (χ2n) is 10.9. The van der Waals surface area contributed by atoms with Crippen LogP contribution in [0.5, 0.6) is 0 Å². The molecule has 3 N–H and O–H groups in total. The van der Waals surface area contributed by atoms with Gasteiger partial charge in [-0.15, -0.1) is 0 Å². The SMILES string of the molecule is CC(=O)CCCCC[C@H](NC(=O)CN1CCN(C)CC1)C(=O)NCCc1c(-c2ccccc2)[nH]c2ccccc12. The quantitative estimate of drug-likeness (QED) is 0.268. The van der Waals surface area contributed by atoms with Crippen molar-refractivity contribution in [2.24, 2.45) is 0 Å². The fraction of sp³-hybridized carbons (Fsp3) is 0.469. The number of likely N-dealkylation sites (N-methyl/N-ethyl adjacent to an activating group) is 1. The van der Waals surface area contributed by atoms with Gasteiger partial charge in [0.1, 0.15) is 11.8 Å². The van der Waals surface area contributed by atoms with Crippen molar-refractivity contribution < 1.29 is 14.4 Å². The lowest BCUT2D eigenvalue weighted by Crippen LogP contribution is -2.52. The number of hydrogen-bond donors (Lipinski definition) is 3. The number of rotatable bonds is 14. The second-order valence-corrected chi connectivity index (χ2v) is 10.9. The number of amides is 2. The summed E-state index contributed by atoms with van der Waals surface area (Å²) in [5, 5.41) is 7.25. The minimum atomic E-state index is -0.589. The van der Waals surface area contributed by atoms with E-state index < -0.39 is 6.04 Å². The Morgan fingerprint density at radius 2 is 1.65 bits per heavy atom. The average molecular weight is 546 g/mol. The van der Waals surface area contributed by atoms with E-state index in [1.165, 1.54) is 5.56 Å². The van der Waals surface area contributed by atoms with E-state index in [9.17, 15) is 14.4 Å². The summed E-state index contributed by atoms with van der Waals surface area (Å²) >= 11 is 0. The van der Waals surface area contributed by atoms with E-state index in [-0.39, 0.29) is 17.6 Å². The maximum Gasteiger partial charge on any atom is 0.242 e. The maximum atomic E-state index is 13.3. The molecule has 2 aromatic carbocycles. The molecule has 1 aliphatic rings. The van der Waals surface area contributed by atoms with Crippen LogP contribution in [0.3, 0.4) is 0 Å². The zero-order chi connectivity index (χ0) is 28.3. The van der Waals surface area contributed by atoms with Crippen LogP contribution in [-0.4, -0.2) is 84.7 Å². The van der Waals surface area contributed by atoms with Gasteiger partial charge in [-0.25, -0.2) is 0 Å². The van der Waals surface area contributed by atoms with Gasteiger partial charge in [-0.2, -0.15) is 0 Å². The summed E-state index contributed by atoms with van der Waals surface area (Å²) in [5.41, 5.74) is 4.42. The predicted molar refractivity (Wildman–Crippen MR) is 160 cm³/mol. The molecule has 2 amide bonds. The van der Waals surface area contributed by atoms with Crippen LogP contribution < -0.4 is 10.6 Å². The number of carbonyl (C=O) groups excluding carboxylic acids is 3. The van der Waals surface area contributed by atoms with Gasteiger partial charge in [-0.05, 0) is 50.4 Å². The van der Waals surface area contributed by atoms with Crippen LogP contribution in [0.25, 0.3) is 22.2 Å². The Morgan fingerprint density at radius 1 is 0.925 bits per heavy atom. The van der Waals surface area contributed by atoms with Gasteiger partial charge in [0.2, 0.25) is 11.8 Å². The van der Waals surface area contributed by atoms with Gasteiger partial charge in [0.15, 0.2) is 0 Å². The average Bonchev–Trinajstić information content (AvgIpc) is 3.32. The standard InChI is InChI=1S/C32H43N5O3/c1-24(38)11-5-3-8-16-29(34-30(39)23-37-21-19-36(2)20-22-37)32(40)33-18-17-27-26-14-9-10-15-28(26)35-31(27)25-12-6-4-7-13-25/h4,6-7,9-10,12-15,29,35H,3,5,8,11,16-23H2,1-2H3,(H,33,40)(H,34,39)/t29-/m0/s1. The highest BCUT2D eigenvalue weighted by molar-refractivity contribution is 5.91. The summed E-state index contributed by atoms with van der Waals surface area (Å²) < 4.78 is 0. The zero-order valence-electron chi connectivity index (χ0n) is 23.9. The number of H-pyrrole nitrogens is 1. The molecule has 8 heteroatoms. The highest BCUT2D eigenvalue weighted by Gasteiger charge is 2.23. The Hall–Kier alpha value is -3.49. The van der Waals surface area contributed by atoms with Crippen molar-refractivity contribution >= 4 is 28.5 Å². The molecule has 0 saturated carbocycles. The van der Waals surface area contributed by atoms with Crippen LogP contribution in [0, 0.1) is 0 Å². The Balaban J connectivity index is 1.38. The van der Waals surface area contributed by atoms with E-state index in [2.05, 4.69) is 56.7 Å². The second kappa shape index (κ2) is 14.8. The smallest absolute Gasteiger partial charge is 0.242 e. The topological polar surface area (TPSA) is 97.5 Å². The number of nitrogens with one attached hydrogen (secondary N) is 3. The van der Waals surface area contributed by atoms with Crippen molar-refractivity contribution in [2.45, 2.75) is 51.5 Å². The van der Waals surface area contributed by atoms with Gasteiger partial charge in [-0.3, -0.25) is 14.5 Å². The number of piperazine rings is 1. The van der Waals surface area contributed by atoms with E-state index in [4.69, 9.17) is 0 Å². The number of aromatic nitrogens is 1. The van der Waals surface area contributed by atoms with Gasteiger partial charge < -0.3 is 25.3 Å². The van der Waals surface area contributed by atoms with Gasteiger partial charge in [0.25, 0.3) is 0 Å². The van der Waals surface area contributed by atoms with Crippen LogP contribution in [0.2, 0.25) is 0 Å². The molecule has 0 radical (unpaired) electrons. The summed E-state index contributed by atoms with van der Waals surface area (Å²) in [7, 11) is 2.09. The van der Waals surface area contributed by atoms with Crippen molar-refractivity contribution in [1.82, 2.24) is 25.4 Å². The summed E-state index contributed by atoms with van der Waals surface area (Å²) in [6.45, 7) is 5.94. The van der Waals surface area contributed by atoms with Crippen LogP contribution in [-0.2, 0) is 20.8 Å². The maximum absolute atomic E-state index is 13.3. The van der Waals surface area contributed by atoms with Crippen LogP contribution in [0.4, 0.5) is 0 Å². The number of nitrogens with zero attached hydrogens (tertiary/aromatic N) is 2. The molecule has 3 aromatic rings. The highest BCUT2D eigenvalue weighted by atomic mass is 16.2. The monoisotopic (exact) mass is 545 g/mol. The van der Waals surface area contributed by atoms with Crippen molar-refractivity contribution in [3.8, 4) is 11.3 Å². The summed E-state index contributed by atoms with van der Waals surface area (Å²) in [4.78, 5) is 45.5. The third-order valence-electron chi connectivity index (χ3n) is 7.69.